The maximum absolute atomic E-state index is 12.0. The van der Waals surface area contributed by atoms with Crippen molar-refractivity contribution in [3.05, 3.63) is 29.3 Å². The third kappa shape index (κ3) is 2.54. The quantitative estimate of drug-likeness (QED) is 0.874. The Kier molecular flexibility index (Phi) is 3.29. The minimum absolute atomic E-state index is 0.134. The van der Waals surface area contributed by atoms with Gasteiger partial charge in [0.1, 0.15) is 0 Å². The Morgan fingerprint density at radius 3 is 2.89 bits per heavy atom. The fourth-order valence-electron chi connectivity index (χ4n) is 3.64. The monoisotopic (exact) mass is 263 g/mol. The number of rotatable bonds is 3. The van der Waals surface area contributed by atoms with Crippen LogP contribution in [0.5, 0.6) is 0 Å². The van der Waals surface area contributed by atoms with E-state index in [0.717, 1.165) is 17.5 Å². The Labute approximate surface area is 113 Å². The Hall–Kier alpha value is -1.02. The fraction of sp³-hybridized carbons (Fsp3) is 0.533. The molecule has 1 aromatic carbocycles. The molecule has 0 heterocycles. The van der Waals surface area contributed by atoms with Crippen LogP contribution in [0.4, 0.5) is 5.69 Å². The Balaban J connectivity index is 1.56. The molecule has 0 spiro atoms. The second kappa shape index (κ2) is 4.93. The summed E-state index contributed by atoms with van der Waals surface area (Å²) < 4.78 is 0. The number of hydrogen-bond acceptors (Lipinski definition) is 1. The van der Waals surface area contributed by atoms with E-state index in [1.54, 1.807) is 6.07 Å². The predicted molar refractivity (Wildman–Crippen MR) is 73.6 cm³/mol. The molecule has 2 nitrogen and oxygen atoms in total. The second-order valence-electron chi connectivity index (χ2n) is 5.70. The van der Waals surface area contributed by atoms with Crippen LogP contribution in [-0.4, -0.2) is 5.91 Å². The summed E-state index contributed by atoms with van der Waals surface area (Å²) in [5.74, 6) is 2.46. The molecule has 0 saturated heterocycles. The molecule has 18 heavy (non-hydrogen) atoms. The van der Waals surface area contributed by atoms with Crippen molar-refractivity contribution in [3.63, 3.8) is 0 Å². The van der Waals surface area contributed by atoms with Gasteiger partial charge in [0.25, 0.3) is 0 Å². The molecular formula is C15H18ClNO. The first-order chi connectivity index (χ1) is 8.70. The van der Waals surface area contributed by atoms with Gasteiger partial charge in [-0.2, -0.15) is 0 Å². The van der Waals surface area contributed by atoms with E-state index in [4.69, 9.17) is 11.6 Å². The first-order valence-corrected chi connectivity index (χ1v) is 7.14. The lowest BCUT2D eigenvalue weighted by Gasteiger charge is -2.20. The normalized spacial score (nSPS) is 29.5. The number of nitrogens with one attached hydrogen (secondary N) is 1. The van der Waals surface area contributed by atoms with Gasteiger partial charge in [-0.25, -0.2) is 0 Å². The van der Waals surface area contributed by atoms with Crippen LogP contribution < -0.4 is 5.32 Å². The Morgan fingerprint density at radius 1 is 1.33 bits per heavy atom. The van der Waals surface area contributed by atoms with Crippen LogP contribution in [0.2, 0.25) is 5.02 Å². The maximum Gasteiger partial charge on any atom is 0.224 e. The highest BCUT2D eigenvalue weighted by atomic mass is 35.5. The molecule has 3 rings (SSSR count). The lowest BCUT2D eigenvalue weighted by molar-refractivity contribution is -0.117. The SMILES string of the molecule is O=C(CC1CC2CCC1C2)Nc1cccc(Cl)c1. The number of halogens is 1. The summed E-state index contributed by atoms with van der Waals surface area (Å²) in [6, 6.07) is 7.34. The summed E-state index contributed by atoms with van der Waals surface area (Å²) in [6.07, 6.45) is 6.01. The van der Waals surface area contributed by atoms with Crippen LogP contribution in [0.15, 0.2) is 24.3 Å². The summed E-state index contributed by atoms with van der Waals surface area (Å²) >= 11 is 5.90. The van der Waals surface area contributed by atoms with Crippen molar-refractivity contribution in [2.75, 3.05) is 5.32 Å². The summed E-state index contributed by atoms with van der Waals surface area (Å²) in [6.45, 7) is 0. The van der Waals surface area contributed by atoms with Gasteiger partial charge >= 0.3 is 0 Å². The van der Waals surface area contributed by atoms with Gasteiger partial charge < -0.3 is 5.32 Å². The molecule has 0 aromatic heterocycles. The van der Waals surface area contributed by atoms with Crippen LogP contribution >= 0.6 is 11.6 Å². The van der Waals surface area contributed by atoms with E-state index in [0.29, 0.717) is 17.4 Å². The summed E-state index contributed by atoms with van der Waals surface area (Å²) in [7, 11) is 0. The van der Waals surface area contributed by atoms with Gasteiger partial charge in [-0.1, -0.05) is 24.1 Å². The number of anilines is 1. The molecule has 1 amide bonds. The molecule has 2 fully saturated rings. The Morgan fingerprint density at radius 2 is 2.22 bits per heavy atom. The van der Waals surface area contributed by atoms with Gasteiger partial charge in [-0.05, 0) is 55.2 Å². The van der Waals surface area contributed by atoms with E-state index >= 15 is 0 Å². The van der Waals surface area contributed by atoms with E-state index in [9.17, 15) is 4.79 Å². The highest BCUT2D eigenvalue weighted by Gasteiger charge is 2.40. The third-order valence-corrected chi connectivity index (χ3v) is 4.68. The van der Waals surface area contributed by atoms with Crippen molar-refractivity contribution < 1.29 is 4.79 Å². The zero-order chi connectivity index (χ0) is 12.5. The van der Waals surface area contributed by atoms with E-state index in [-0.39, 0.29) is 5.91 Å². The molecule has 3 heteroatoms. The number of carbonyl (C=O) groups is 1. The van der Waals surface area contributed by atoms with E-state index in [1.807, 2.05) is 18.2 Å². The molecule has 1 N–H and O–H groups in total. The first-order valence-electron chi connectivity index (χ1n) is 6.76. The Bertz CT molecular complexity index is 460. The van der Waals surface area contributed by atoms with E-state index < -0.39 is 0 Å². The average Bonchev–Trinajstić information content (AvgIpc) is 2.90. The first kappa shape index (κ1) is 12.0. The van der Waals surface area contributed by atoms with Crippen LogP contribution in [0.3, 0.4) is 0 Å². The number of benzene rings is 1. The lowest BCUT2D eigenvalue weighted by Crippen LogP contribution is -2.20. The molecular weight excluding hydrogens is 246 g/mol. The fourth-order valence-corrected chi connectivity index (χ4v) is 3.83. The van der Waals surface area contributed by atoms with Gasteiger partial charge in [-0.15, -0.1) is 0 Å². The molecule has 3 unspecified atom stereocenters. The van der Waals surface area contributed by atoms with Crippen molar-refractivity contribution in [3.8, 4) is 0 Å². The molecule has 96 valence electrons. The summed E-state index contributed by atoms with van der Waals surface area (Å²) in [5, 5.41) is 3.61. The summed E-state index contributed by atoms with van der Waals surface area (Å²) in [4.78, 5) is 12.0. The van der Waals surface area contributed by atoms with Crippen molar-refractivity contribution in [1.82, 2.24) is 0 Å². The van der Waals surface area contributed by atoms with E-state index in [1.165, 1.54) is 25.7 Å². The van der Waals surface area contributed by atoms with Gasteiger partial charge in [0.05, 0.1) is 0 Å². The number of hydrogen-bond donors (Lipinski definition) is 1. The molecule has 2 aliphatic carbocycles. The third-order valence-electron chi connectivity index (χ3n) is 4.44. The number of amides is 1. The van der Waals surface area contributed by atoms with Crippen molar-refractivity contribution in [2.24, 2.45) is 17.8 Å². The van der Waals surface area contributed by atoms with Crippen LogP contribution in [0.25, 0.3) is 0 Å². The molecule has 2 bridgehead atoms. The zero-order valence-electron chi connectivity index (χ0n) is 10.4. The van der Waals surface area contributed by atoms with Gasteiger partial charge in [0, 0.05) is 17.1 Å². The number of carbonyl (C=O) groups excluding carboxylic acids is 1. The smallest absolute Gasteiger partial charge is 0.224 e. The predicted octanol–water partition coefficient (Wildman–Crippen LogP) is 4.10. The highest BCUT2D eigenvalue weighted by Crippen LogP contribution is 2.49. The minimum Gasteiger partial charge on any atom is -0.326 e. The molecule has 2 aliphatic rings. The molecule has 0 aliphatic heterocycles. The van der Waals surface area contributed by atoms with Crippen molar-refractivity contribution in [2.45, 2.75) is 32.1 Å². The van der Waals surface area contributed by atoms with Crippen LogP contribution in [0, 0.1) is 17.8 Å². The summed E-state index contributed by atoms with van der Waals surface area (Å²) in [5.41, 5.74) is 0.802. The van der Waals surface area contributed by atoms with Crippen molar-refractivity contribution >= 4 is 23.2 Å². The van der Waals surface area contributed by atoms with Crippen LogP contribution in [0.1, 0.15) is 32.1 Å². The molecule has 3 atom stereocenters. The van der Waals surface area contributed by atoms with Gasteiger partial charge in [0.2, 0.25) is 5.91 Å². The molecule has 2 saturated carbocycles. The lowest BCUT2D eigenvalue weighted by atomic mass is 9.86. The standard InChI is InChI=1S/C15H18ClNO/c16-13-2-1-3-14(9-13)17-15(18)8-12-7-10-4-5-11(12)6-10/h1-3,9-12H,4-8H2,(H,17,18). The van der Waals surface area contributed by atoms with Gasteiger partial charge in [-0.3, -0.25) is 4.79 Å². The minimum atomic E-state index is 0.134. The molecule has 0 radical (unpaired) electrons. The maximum atomic E-state index is 12.0. The van der Waals surface area contributed by atoms with Crippen molar-refractivity contribution in [1.29, 1.82) is 0 Å². The zero-order valence-corrected chi connectivity index (χ0v) is 11.1. The second-order valence-corrected chi connectivity index (χ2v) is 6.13. The molecule has 1 aromatic rings. The largest absolute Gasteiger partial charge is 0.326 e. The average molecular weight is 264 g/mol. The topological polar surface area (TPSA) is 29.1 Å². The number of fused-ring (bicyclic) bond motifs is 2. The highest BCUT2D eigenvalue weighted by molar-refractivity contribution is 6.30. The van der Waals surface area contributed by atoms with E-state index in [2.05, 4.69) is 5.32 Å². The van der Waals surface area contributed by atoms with Crippen LogP contribution in [-0.2, 0) is 4.79 Å². The van der Waals surface area contributed by atoms with Gasteiger partial charge in [0.15, 0.2) is 0 Å².